The molecule has 0 aliphatic carbocycles. The summed E-state index contributed by atoms with van der Waals surface area (Å²) in [5.41, 5.74) is 6.09. The number of carbonyl (C=O) groups is 4. The molecule has 160 valence electrons. The third-order valence-corrected chi connectivity index (χ3v) is 4.36. The number of nitrogens with two attached hydrogens (primary N) is 1. The van der Waals surface area contributed by atoms with Crippen LogP contribution in [0.15, 0.2) is 30.3 Å². The van der Waals surface area contributed by atoms with Crippen LogP contribution in [0, 0.1) is 0 Å². The summed E-state index contributed by atoms with van der Waals surface area (Å²) in [6, 6.07) is 4.26. The highest BCUT2D eigenvalue weighted by molar-refractivity contribution is 7.80. The molecule has 3 amide bonds. The zero-order chi connectivity index (χ0) is 22.0. The van der Waals surface area contributed by atoms with Gasteiger partial charge in [-0.25, -0.2) is 4.79 Å². The van der Waals surface area contributed by atoms with E-state index in [1.807, 2.05) is 0 Å². The molecule has 0 heterocycles. The number of carbonyl (C=O) groups excluding carboxylic acids is 3. The second-order valence-corrected chi connectivity index (χ2v) is 6.72. The number of hydrogen-bond acceptors (Lipinski definition) is 7. The summed E-state index contributed by atoms with van der Waals surface area (Å²) in [5, 5.41) is 25.3. The smallest absolute Gasteiger partial charge is 0.326 e. The van der Waals surface area contributed by atoms with Crippen LogP contribution in [-0.2, 0) is 25.6 Å². The molecule has 0 radical (unpaired) electrons. The van der Waals surface area contributed by atoms with E-state index < -0.39 is 54.5 Å². The van der Waals surface area contributed by atoms with E-state index in [1.54, 1.807) is 30.3 Å². The first kappa shape index (κ1) is 24.4. The minimum Gasteiger partial charge on any atom is -0.480 e. The third kappa shape index (κ3) is 8.10. The summed E-state index contributed by atoms with van der Waals surface area (Å²) < 4.78 is 0. The summed E-state index contributed by atoms with van der Waals surface area (Å²) in [5.74, 6) is -3.44. The molecule has 0 aliphatic rings. The maximum atomic E-state index is 12.4. The van der Waals surface area contributed by atoms with E-state index in [4.69, 9.17) is 10.8 Å². The SMILES string of the molecule is CC(NC(=O)C(N)CO)C(=O)NC(CS)C(=O)NC(Cc1ccccc1)C(=O)O. The third-order valence-electron chi connectivity index (χ3n) is 4.00. The zero-order valence-corrected chi connectivity index (χ0v) is 16.8. The Bertz CT molecular complexity index is 718. The highest BCUT2D eigenvalue weighted by Crippen LogP contribution is 2.04. The van der Waals surface area contributed by atoms with Crippen LogP contribution in [0.25, 0.3) is 0 Å². The Morgan fingerprint density at radius 3 is 2.10 bits per heavy atom. The first-order valence-electron chi connectivity index (χ1n) is 8.84. The van der Waals surface area contributed by atoms with E-state index in [9.17, 15) is 24.3 Å². The minimum atomic E-state index is -1.22. The van der Waals surface area contributed by atoms with Gasteiger partial charge >= 0.3 is 5.97 Å². The molecule has 10 nitrogen and oxygen atoms in total. The van der Waals surface area contributed by atoms with Crippen molar-refractivity contribution in [1.29, 1.82) is 0 Å². The molecule has 0 bridgehead atoms. The van der Waals surface area contributed by atoms with Crippen molar-refractivity contribution in [3.05, 3.63) is 35.9 Å². The Hall–Kier alpha value is -2.63. The summed E-state index contributed by atoms with van der Waals surface area (Å²) in [7, 11) is 0. The molecule has 4 atom stereocenters. The summed E-state index contributed by atoms with van der Waals surface area (Å²) in [4.78, 5) is 47.8. The van der Waals surface area contributed by atoms with Crippen LogP contribution in [0.1, 0.15) is 12.5 Å². The first-order valence-corrected chi connectivity index (χ1v) is 9.48. The lowest BCUT2D eigenvalue weighted by atomic mass is 10.1. The number of hydrogen-bond donors (Lipinski definition) is 7. The molecular weight excluding hydrogens is 400 g/mol. The number of aliphatic hydroxyl groups excluding tert-OH is 1. The maximum absolute atomic E-state index is 12.4. The quantitative estimate of drug-likeness (QED) is 0.201. The lowest BCUT2D eigenvalue weighted by molar-refractivity contribution is -0.142. The van der Waals surface area contributed by atoms with Crippen molar-refractivity contribution in [3.8, 4) is 0 Å². The molecule has 7 N–H and O–H groups in total. The predicted molar refractivity (Wildman–Crippen MR) is 108 cm³/mol. The van der Waals surface area contributed by atoms with E-state index in [-0.39, 0.29) is 12.2 Å². The molecule has 1 aromatic carbocycles. The van der Waals surface area contributed by atoms with Gasteiger partial charge in [0.2, 0.25) is 17.7 Å². The Balaban J connectivity index is 2.70. The average Bonchev–Trinajstić information content (AvgIpc) is 2.70. The molecule has 0 spiro atoms. The Kier molecular flexibility index (Phi) is 10.1. The highest BCUT2D eigenvalue weighted by Gasteiger charge is 2.28. The van der Waals surface area contributed by atoms with Crippen LogP contribution in [0.3, 0.4) is 0 Å². The largest absolute Gasteiger partial charge is 0.480 e. The Morgan fingerprint density at radius 1 is 1.00 bits per heavy atom. The monoisotopic (exact) mass is 426 g/mol. The van der Waals surface area contributed by atoms with Crippen LogP contribution in [0.4, 0.5) is 0 Å². The molecule has 0 saturated carbocycles. The average molecular weight is 426 g/mol. The molecule has 11 heteroatoms. The molecule has 1 aromatic rings. The number of amides is 3. The van der Waals surface area contributed by atoms with Gasteiger partial charge in [0.05, 0.1) is 6.61 Å². The van der Waals surface area contributed by atoms with Crippen LogP contribution in [-0.4, -0.2) is 70.4 Å². The van der Waals surface area contributed by atoms with Crippen molar-refractivity contribution in [2.75, 3.05) is 12.4 Å². The highest BCUT2D eigenvalue weighted by atomic mass is 32.1. The normalized spacial score (nSPS) is 14.8. The van der Waals surface area contributed by atoms with Gasteiger partial charge in [-0.1, -0.05) is 30.3 Å². The van der Waals surface area contributed by atoms with E-state index in [0.717, 1.165) is 5.56 Å². The first-order chi connectivity index (χ1) is 13.7. The van der Waals surface area contributed by atoms with Gasteiger partial charge in [0, 0.05) is 12.2 Å². The number of aliphatic hydroxyl groups is 1. The topological polar surface area (TPSA) is 171 Å². The number of rotatable bonds is 11. The maximum Gasteiger partial charge on any atom is 0.326 e. The lowest BCUT2D eigenvalue weighted by Gasteiger charge is -2.22. The number of aliphatic carboxylic acids is 1. The molecular formula is C18H26N4O6S. The zero-order valence-electron chi connectivity index (χ0n) is 15.9. The fourth-order valence-corrected chi connectivity index (χ4v) is 2.54. The fourth-order valence-electron chi connectivity index (χ4n) is 2.28. The van der Waals surface area contributed by atoms with Gasteiger partial charge in [-0.15, -0.1) is 0 Å². The van der Waals surface area contributed by atoms with Crippen molar-refractivity contribution in [3.63, 3.8) is 0 Å². The van der Waals surface area contributed by atoms with Crippen LogP contribution >= 0.6 is 12.6 Å². The molecule has 0 saturated heterocycles. The van der Waals surface area contributed by atoms with Crippen molar-refractivity contribution >= 4 is 36.3 Å². The molecule has 0 fully saturated rings. The van der Waals surface area contributed by atoms with Crippen LogP contribution in [0.2, 0.25) is 0 Å². The summed E-state index contributed by atoms with van der Waals surface area (Å²) >= 11 is 4.03. The Labute approximate surface area is 173 Å². The van der Waals surface area contributed by atoms with Crippen LogP contribution < -0.4 is 21.7 Å². The lowest BCUT2D eigenvalue weighted by Crippen LogP contribution is -2.57. The molecule has 1 rings (SSSR count). The summed E-state index contributed by atoms with van der Waals surface area (Å²) in [6.07, 6.45) is 0.0701. The number of thiol groups is 1. The molecule has 0 aromatic heterocycles. The summed E-state index contributed by atoms with van der Waals surface area (Å²) in [6.45, 7) is 0.792. The number of carboxylic acid groups (broad SMARTS) is 1. The molecule has 29 heavy (non-hydrogen) atoms. The van der Waals surface area contributed by atoms with E-state index >= 15 is 0 Å². The van der Waals surface area contributed by atoms with Crippen molar-refractivity contribution in [2.45, 2.75) is 37.5 Å². The van der Waals surface area contributed by atoms with Crippen molar-refractivity contribution < 1.29 is 29.4 Å². The standard InChI is InChI=1S/C18H26N4O6S/c1-10(20-16(25)12(19)8-23)15(24)22-14(9-29)17(26)21-13(18(27)28)7-11-5-3-2-4-6-11/h2-6,10,12-14,23,29H,7-9,19H2,1H3,(H,20,25)(H,21,26)(H,22,24)(H,27,28). The molecule has 0 aliphatic heterocycles. The van der Waals surface area contributed by atoms with Gasteiger partial charge < -0.3 is 31.9 Å². The number of benzene rings is 1. The van der Waals surface area contributed by atoms with Gasteiger partial charge in [0.1, 0.15) is 24.2 Å². The number of nitrogens with one attached hydrogen (secondary N) is 3. The van der Waals surface area contributed by atoms with Crippen molar-refractivity contribution in [2.24, 2.45) is 5.73 Å². The number of carboxylic acids is 1. The second-order valence-electron chi connectivity index (χ2n) is 6.35. The molecule has 4 unspecified atom stereocenters. The minimum absolute atomic E-state index is 0.0701. The van der Waals surface area contributed by atoms with E-state index in [0.29, 0.717) is 0 Å². The van der Waals surface area contributed by atoms with Gasteiger partial charge in [-0.05, 0) is 12.5 Å². The van der Waals surface area contributed by atoms with Gasteiger partial charge in [-0.2, -0.15) is 12.6 Å². The second kappa shape index (κ2) is 12.0. The van der Waals surface area contributed by atoms with Gasteiger partial charge in [0.15, 0.2) is 0 Å². The fraction of sp³-hybridized carbons (Fsp3) is 0.444. The van der Waals surface area contributed by atoms with Gasteiger partial charge in [0.25, 0.3) is 0 Å². The van der Waals surface area contributed by atoms with Crippen molar-refractivity contribution in [1.82, 2.24) is 16.0 Å². The van der Waals surface area contributed by atoms with E-state index in [2.05, 4.69) is 28.6 Å². The predicted octanol–water partition coefficient (Wildman–Crippen LogP) is -1.96. The van der Waals surface area contributed by atoms with E-state index in [1.165, 1.54) is 6.92 Å². The van der Waals surface area contributed by atoms with Gasteiger partial charge in [-0.3, -0.25) is 14.4 Å². The Morgan fingerprint density at radius 2 is 1.59 bits per heavy atom. The van der Waals surface area contributed by atoms with Crippen LogP contribution in [0.5, 0.6) is 0 Å².